The summed E-state index contributed by atoms with van der Waals surface area (Å²) in [5.74, 6) is -0.102. The minimum Gasteiger partial charge on any atom is -0.446 e. The number of carbonyl (C=O) groups is 2. The normalized spacial score (nSPS) is 19.2. The number of fused-ring (bicyclic) bond motifs is 1. The summed E-state index contributed by atoms with van der Waals surface area (Å²) >= 11 is 0. The third kappa shape index (κ3) is 4.89. The molecule has 2 amide bonds. The number of hydrogen-bond acceptors (Lipinski definition) is 5. The largest absolute Gasteiger partial charge is 0.446 e. The van der Waals surface area contributed by atoms with Crippen LogP contribution in [0.15, 0.2) is 47.4 Å². The summed E-state index contributed by atoms with van der Waals surface area (Å²) in [4.78, 5) is 28.9. The average Bonchev–Trinajstić information content (AvgIpc) is 2.78. The van der Waals surface area contributed by atoms with Crippen LogP contribution in [0.1, 0.15) is 46.0 Å². The van der Waals surface area contributed by atoms with E-state index in [0.29, 0.717) is 17.9 Å². The highest BCUT2D eigenvalue weighted by Crippen LogP contribution is 2.39. The molecule has 2 aromatic rings. The fraction of sp³-hybridized carbons (Fsp3) is 0.417. The zero-order valence-corrected chi connectivity index (χ0v) is 19.7. The average molecular weight is 472 g/mol. The lowest BCUT2D eigenvalue weighted by Crippen LogP contribution is -2.52. The summed E-state index contributed by atoms with van der Waals surface area (Å²) in [5.41, 5.74) is 2.78. The molecule has 0 saturated heterocycles. The minimum absolute atomic E-state index is 0.0264. The first-order chi connectivity index (χ1) is 15.6. The van der Waals surface area contributed by atoms with Crippen LogP contribution in [0.25, 0.3) is 11.1 Å². The highest BCUT2D eigenvalue weighted by molar-refractivity contribution is 7.89. The first-order valence-corrected chi connectivity index (χ1v) is 12.7. The molecule has 1 aliphatic carbocycles. The molecule has 8 nitrogen and oxygen atoms in total. The lowest BCUT2D eigenvalue weighted by molar-refractivity contribution is -0.117. The van der Waals surface area contributed by atoms with E-state index in [9.17, 15) is 18.0 Å². The van der Waals surface area contributed by atoms with Crippen LogP contribution in [-0.2, 0) is 19.6 Å². The molecule has 2 aliphatic rings. The lowest BCUT2D eigenvalue weighted by atomic mass is 9.98. The monoisotopic (exact) mass is 471 g/mol. The molecule has 1 heterocycles. The van der Waals surface area contributed by atoms with Crippen molar-refractivity contribution in [1.29, 1.82) is 0 Å². The Hall–Kier alpha value is -2.91. The predicted molar refractivity (Wildman–Crippen MR) is 127 cm³/mol. The molecular formula is C24H29N3O5S. The fourth-order valence-electron chi connectivity index (χ4n) is 4.68. The summed E-state index contributed by atoms with van der Waals surface area (Å²) in [6, 6.07) is 11.5. The zero-order valence-electron chi connectivity index (χ0n) is 18.9. The van der Waals surface area contributed by atoms with Crippen LogP contribution in [0.5, 0.6) is 0 Å². The molecule has 1 atom stereocenters. The molecule has 0 bridgehead atoms. The molecule has 0 aromatic heterocycles. The van der Waals surface area contributed by atoms with Crippen molar-refractivity contribution in [2.45, 2.75) is 63.0 Å². The van der Waals surface area contributed by atoms with E-state index in [4.69, 9.17) is 9.88 Å². The second-order valence-corrected chi connectivity index (χ2v) is 10.3. The predicted octanol–water partition coefficient (Wildman–Crippen LogP) is 4.03. The van der Waals surface area contributed by atoms with Crippen LogP contribution < -0.4 is 14.9 Å². The van der Waals surface area contributed by atoms with Crippen LogP contribution in [0.4, 0.5) is 16.2 Å². The molecule has 33 heavy (non-hydrogen) atoms. The molecule has 2 N–H and O–H groups in total. The zero-order chi connectivity index (χ0) is 23.8. The molecule has 4 rings (SSSR count). The van der Waals surface area contributed by atoms with Crippen molar-refractivity contribution in [3.63, 3.8) is 0 Å². The molecule has 2 aromatic carbocycles. The lowest BCUT2D eigenvalue weighted by Gasteiger charge is -2.41. The number of carbonyl (C=O) groups excluding carboxylic acids is 2. The first kappa shape index (κ1) is 23.3. The van der Waals surface area contributed by atoms with Crippen molar-refractivity contribution in [2.75, 3.05) is 16.3 Å². The summed E-state index contributed by atoms with van der Waals surface area (Å²) in [6.45, 7) is 3.74. The van der Waals surface area contributed by atoms with Crippen molar-refractivity contribution in [3.8, 4) is 11.1 Å². The summed E-state index contributed by atoms with van der Waals surface area (Å²) < 4.78 is 29.0. The smallest absolute Gasteiger partial charge is 0.414 e. The molecule has 0 radical (unpaired) electrons. The summed E-state index contributed by atoms with van der Waals surface area (Å²) in [5, 5.41) is 5.20. The summed E-state index contributed by atoms with van der Waals surface area (Å²) in [7, 11) is -3.79. The van der Waals surface area contributed by atoms with Crippen LogP contribution in [0.2, 0.25) is 0 Å². The molecular weight excluding hydrogens is 442 g/mol. The van der Waals surface area contributed by atoms with E-state index in [0.717, 1.165) is 36.8 Å². The van der Waals surface area contributed by atoms with E-state index in [1.807, 2.05) is 25.1 Å². The second kappa shape index (κ2) is 9.15. The number of benzene rings is 2. The Labute approximate surface area is 194 Å². The number of hydrogen-bond donors (Lipinski definition) is 1. The second-order valence-electron chi connectivity index (χ2n) is 8.77. The van der Waals surface area contributed by atoms with Gasteiger partial charge in [0.05, 0.1) is 22.3 Å². The van der Waals surface area contributed by atoms with E-state index >= 15 is 0 Å². The van der Waals surface area contributed by atoms with Crippen LogP contribution in [0.3, 0.4) is 0 Å². The van der Waals surface area contributed by atoms with Crippen LogP contribution >= 0.6 is 0 Å². The maximum atomic E-state index is 13.2. The van der Waals surface area contributed by atoms with E-state index < -0.39 is 16.1 Å². The van der Waals surface area contributed by atoms with Gasteiger partial charge in [-0.2, -0.15) is 0 Å². The SMILES string of the molecule is CC(=O)N1c2ccc(-c3ccc(S(N)(=O)=O)cc3)cc2N(C(=O)OC2CCCCC2)CC1C. The maximum absolute atomic E-state index is 13.2. The highest BCUT2D eigenvalue weighted by atomic mass is 32.2. The van der Waals surface area contributed by atoms with Crippen molar-refractivity contribution in [2.24, 2.45) is 5.14 Å². The van der Waals surface area contributed by atoms with E-state index in [1.165, 1.54) is 25.5 Å². The van der Waals surface area contributed by atoms with Gasteiger partial charge in [-0.15, -0.1) is 0 Å². The third-order valence-corrected chi connectivity index (χ3v) is 7.24. The van der Waals surface area contributed by atoms with Gasteiger partial charge < -0.3 is 9.64 Å². The Morgan fingerprint density at radius 1 is 0.970 bits per heavy atom. The standard InChI is InChI=1S/C24H29N3O5S/c1-16-15-26(24(29)32-20-6-4-3-5-7-20)23-14-19(10-13-22(23)27(16)17(2)28)18-8-11-21(12-9-18)33(25,30)31/h8-14,16,20H,3-7,15H2,1-2H3,(H2,25,30,31). The molecule has 1 unspecified atom stereocenters. The third-order valence-electron chi connectivity index (χ3n) is 6.31. The van der Waals surface area contributed by atoms with Crippen molar-refractivity contribution >= 4 is 33.4 Å². The van der Waals surface area contributed by atoms with Gasteiger partial charge in [-0.3, -0.25) is 9.69 Å². The van der Waals surface area contributed by atoms with Crippen LogP contribution in [0, 0.1) is 0 Å². The Morgan fingerprint density at radius 3 is 2.21 bits per heavy atom. The van der Waals surface area contributed by atoms with Gasteiger partial charge in [0.2, 0.25) is 15.9 Å². The van der Waals surface area contributed by atoms with E-state index in [-0.39, 0.29) is 22.9 Å². The van der Waals surface area contributed by atoms with Gasteiger partial charge in [0, 0.05) is 13.5 Å². The van der Waals surface area contributed by atoms with Crippen molar-refractivity contribution in [1.82, 2.24) is 0 Å². The number of rotatable bonds is 3. The van der Waals surface area contributed by atoms with Gasteiger partial charge in [-0.1, -0.05) is 24.6 Å². The number of anilines is 2. The van der Waals surface area contributed by atoms with Gasteiger partial charge in [0.1, 0.15) is 6.10 Å². The number of ether oxygens (including phenoxy) is 1. The Balaban J connectivity index is 1.70. The summed E-state index contributed by atoms with van der Waals surface area (Å²) in [6.07, 6.45) is 4.54. The van der Waals surface area contributed by atoms with Gasteiger partial charge in [-0.25, -0.2) is 18.4 Å². The highest BCUT2D eigenvalue weighted by Gasteiger charge is 2.35. The van der Waals surface area contributed by atoms with Crippen LogP contribution in [-0.4, -0.2) is 39.1 Å². The number of sulfonamides is 1. The van der Waals surface area contributed by atoms with Crippen molar-refractivity contribution < 1.29 is 22.7 Å². The molecule has 1 aliphatic heterocycles. The van der Waals surface area contributed by atoms with Gasteiger partial charge in [0.15, 0.2) is 0 Å². The minimum atomic E-state index is -3.79. The first-order valence-electron chi connectivity index (χ1n) is 11.2. The number of primary sulfonamides is 1. The molecule has 1 fully saturated rings. The number of nitrogens with two attached hydrogens (primary N) is 1. The van der Waals surface area contributed by atoms with E-state index in [1.54, 1.807) is 21.9 Å². The molecule has 176 valence electrons. The Kier molecular flexibility index (Phi) is 6.45. The van der Waals surface area contributed by atoms with Gasteiger partial charge in [-0.05, 0) is 68.0 Å². The van der Waals surface area contributed by atoms with Gasteiger partial charge in [0.25, 0.3) is 0 Å². The van der Waals surface area contributed by atoms with E-state index in [2.05, 4.69) is 0 Å². The molecule has 1 saturated carbocycles. The number of amides is 2. The Bertz CT molecular complexity index is 1160. The van der Waals surface area contributed by atoms with Gasteiger partial charge >= 0.3 is 6.09 Å². The fourth-order valence-corrected chi connectivity index (χ4v) is 5.20. The molecule has 0 spiro atoms. The topological polar surface area (TPSA) is 110 Å². The number of nitrogens with zero attached hydrogens (tertiary/aromatic N) is 2. The Morgan fingerprint density at radius 2 is 1.61 bits per heavy atom. The quantitative estimate of drug-likeness (QED) is 0.727. The molecule has 9 heteroatoms. The van der Waals surface area contributed by atoms with Crippen molar-refractivity contribution in [3.05, 3.63) is 42.5 Å². The maximum Gasteiger partial charge on any atom is 0.414 e.